The molecule has 1 rings (SSSR count). The second-order valence-corrected chi connectivity index (χ2v) is 3.97. The molecule has 0 amide bonds. The molecule has 0 saturated heterocycles. The van der Waals surface area contributed by atoms with Crippen molar-refractivity contribution in [3.8, 4) is 0 Å². The van der Waals surface area contributed by atoms with Crippen molar-refractivity contribution in [3.63, 3.8) is 0 Å². The van der Waals surface area contributed by atoms with Crippen LogP contribution in [0.15, 0.2) is 29.4 Å². The van der Waals surface area contributed by atoms with E-state index in [2.05, 4.69) is 41.4 Å². The SMILES string of the molecule is CCNC(=NCc1ccccn1)NC(C)CC. The van der Waals surface area contributed by atoms with Crippen LogP contribution in [-0.4, -0.2) is 23.5 Å². The quantitative estimate of drug-likeness (QED) is 0.604. The molecule has 1 aromatic heterocycles. The predicted molar refractivity (Wildman–Crippen MR) is 71.9 cm³/mol. The molecular weight excluding hydrogens is 212 g/mol. The molecule has 0 saturated carbocycles. The molecule has 94 valence electrons. The molecule has 1 unspecified atom stereocenters. The first kappa shape index (κ1) is 13.5. The Hall–Kier alpha value is -1.58. The lowest BCUT2D eigenvalue weighted by Gasteiger charge is -2.16. The minimum absolute atomic E-state index is 0.427. The molecular formula is C13H22N4. The number of nitrogens with one attached hydrogen (secondary N) is 2. The van der Waals surface area contributed by atoms with E-state index >= 15 is 0 Å². The van der Waals surface area contributed by atoms with Crippen molar-refractivity contribution < 1.29 is 0 Å². The summed E-state index contributed by atoms with van der Waals surface area (Å²) >= 11 is 0. The second kappa shape index (κ2) is 7.65. The zero-order chi connectivity index (χ0) is 12.5. The lowest BCUT2D eigenvalue weighted by atomic mass is 10.3. The highest BCUT2D eigenvalue weighted by atomic mass is 15.2. The first-order chi connectivity index (χ1) is 8.26. The molecule has 1 aromatic rings. The van der Waals surface area contributed by atoms with E-state index in [-0.39, 0.29) is 0 Å². The molecule has 0 aromatic carbocycles. The Balaban J connectivity index is 2.57. The second-order valence-electron chi connectivity index (χ2n) is 3.97. The number of guanidine groups is 1. The van der Waals surface area contributed by atoms with E-state index in [1.54, 1.807) is 6.20 Å². The standard InChI is InChI=1S/C13H22N4/c1-4-11(3)17-13(14-5-2)16-10-12-8-6-7-9-15-12/h6-9,11H,4-5,10H2,1-3H3,(H2,14,16,17). The molecule has 4 nitrogen and oxygen atoms in total. The van der Waals surface area contributed by atoms with Crippen LogP contribution in [0.25, 0.3) is 0 Å². The highest BCUT2D eigenvalue weighted by Gasteiger charge is 2.02. The summed E-state index contributed by atoms with van der Waals surface area (Å²) in [5.74, 6) is 0.854. The number of pyridine rings is 1. The molecule has 2 N–H and O–H groups in total. The van der Waals surface area contributed by atoms with Gasteiger partial charge in [-0.1, -0.05) is 13.0 Å². The normalized spacial score (nSPS) is 13.2. The molecule has 0 aliphatic carbocycles. The fourth-order valence-corrected chi connectivity index (χ4v) is 1.31. The average Bonchev–Trinajstić information content (AvgIpc) is 2.37. The summed E-state index contributed by atoms with van der Waals surface area (Å²) in [4.78, 5) is 8.75. The summed E-state index contributed by atoms with van der Waals surface area (Å²) < 4.78 is 0. The molecule has 0 radical (unpaired) electrons. The molecule has 0 aliphatic heterocycles. The van der Waals surface area contributed by atoms with Crippen LogP contribution in [0.1, 0.15) is 32.9 Å². The minimum atomic E-state index is 0.427. The van der Waals surface area contributed by atoms with Crippen molar-refractivity contribution in [1.29, 1.82) is 0 Å². The predicted octanol–water partition coefficient (Wildman–Crippen LogP) is 1.94. The molecule has 0 aliphatic rings. The van der Waals surface area contributed by atoms with Gasteiger partial charge >= 0.3 is 0 Å². The van der Waals surface area contributed by atoms with Gasteiger partial charge in [0.25, 0.3) is 0 Å². The van der Waals surface area contributed by atoms with E-state index in [1.165, 1.54) is 0 Å². The Morgan fingerprint density at radius 3 is 2.82 bits per heavy atom. The van der Waals surface area contributed by atoms with Crippen molar-refractivity contribution in [1.82, 2.24) is 15.6 Å². The van der Waals surface area contributed by atoms with Gasteiger partial charge in [0.1, 0.15) is 0 Å². The van der Waals surface area contributed by atoms with E-state index in [4.69, 9.17) is 0 Å². The zero-order valence-corrected chi connectivity index (χ0v) is 10.9. The number of rotatable bonds is 5. The summed E-state index contributed by atoms with van der Waals surface area (Å²) in [7, 11) is 0. The zero-order valence-electron chi connectivity index (χ0n) is 10.9. The molecule has 1 heterocycles. The van der Waals surface area contributed by atoms with Crippen molar-refractivity contribution in [3.05, 3.63) is 30.1 Å². The van der Waals surface area contributed by atoms with Gasteiger partial charge in [0.05, 0.1) is 12.2 Å². The molecule has 4 heteroatoms. The fraction of sp³-hybridized carbons (Fsp3) is 0.538. The largest absolute Gasteiger partial charge is 0.357 e. The molecule has 0 fully saturated rings. The van der Waals surface area contributed by atoms with Crippen molar-refractivity contribution in [2.24, 2.45) is 4.99 Å². The maximum Gasteiger partial charge on any atom is 0.191 e. The molecule has 0 bridgehead atoms. The maximum atomic E-state index is 4.50. The first-order valence-corrected chi connectivity index (χ1v) is 6.21. The molecule has 17 heavy (non-hydrogen) atoms. The number of hydrogen-bond acceptors (Lipinski definition) is 2. The molecule has 0 spiro atoms. The topological polar surface area (TPSA) is 49.3 Å². The maximum absolute atomic E-state index is 4.50. The average molecular weight is 234 g/mol. The highest BCUT2D eigenvalue weighted by Crippen LogP contribution is 1.96. The highest BCUT2D eigenvalue weighted by molar-refractivity contribution is 5.79. The smallest absolute Gasteiger partial charge is 0.191 e. The monoisotopic (exact) mass is 234 g/mol. The van der Waals surface area contributed by atoms with Crippen LogP contribution in [0, 0.1) is 0 Å². The van der Waals surface area contributed by atoms with Crippen LogP contribution in [0.2, 0.25) is 0 Å². The molecule has 1 atom stereocenters. The van der Waals surface area contributed by atoms with E-state index in [9.17, 15) is 0 Å². The third-order valence-electron chi connectivity index (χ3n) is 2.47. The van der Waals surface area contributed by atoms with Gasteiger partial charge in [-0.05, 0) is 32.4 Å². The Labute approximate surface area is 104 Å². The minimum Gasteiger partial charge on any atom is -0.357 e. The first-order valence-electron chi connectivity index (χ1n) is 6.21. The van der Waals surface area contributed by atoms with E-state index in [0.29, 0.717) is 12.6 Å². The Kier molecular flexibility index (Phi) is 6.07. The summed E-state index contributed by atoms with van der Waals surface area (Å²) in [6.07, 6.45) is 2.87. The fourth-order valence-electron chi connectivity index (χ4n) is 1.31. The van der Waals surface area contributed by atoms with Gasteiger partial charge in [-0.2, -0.15) is 0 Å². The third kappa shape index (κ3) is 5.33. The van der Waals surface area contributed by atoms with Gasteiger partial charge in [-0.3, -0.25) is 4.98 Å². The van der Waals surface area contributed by atoms with Gasteiger partial charge in [0.15, 0.2) is 5.96 Å². The number of nitrogens with zero attached hydrogens (tertiary/aromatic N) is 2. The van der Waals surface area contributed by atoms with Crippen LogP contribution in [0.4, 0.5) is 0 Å². The van der Waals surface area contributed by atoms with E-state index < -0.39 is 0 Å². The van der Waals surface area contributed by atoms with Crippen LogP contribution < -0.4 is 10.6 Å². The third-order valence-corrected chi connectivity index (χ3v) is 2.47. The van der Waals surface area contributed by atoms with Gasteiger partial charge in [0, 0.05) is 18.8 Å². The van der Waals surface area contributed by atoms with Crippen LogP contribution in [0.3, 0.4) is 0 Å². The van der Waals surface area contributed by atoms with Crippen molar-refractivity contribution >= 4 is 5.96 Å². The van der Waals surface area contributed by atoms with Gasteiger partial charge in [-0.25, -0.2) is 4.99 Å². The van der Waals surface area contributed by atoms with Crippen molar-refractivity contribution in [2.75, 3.05) is 6.54 Å². The lowest BCUT2D eigenvalue weighted by Crippen LogP contribution is -2.41. The lowest BCUT2D eigenvalue weighted by molar-refractivity contribution is 0.624. The number of aromatic nitrogens is 1. The summed E-state index contributed by atoms with van der Waals surface area (Å²) in [5.41, 5.74) is 0.980. The van der Waals surface area contributed by atoms with Crippen LogP contribution >= 0.6 is 0 Å². The summed E-state index contributed by atoms with van der Waals surface area (Å²) in [5, 5.41) is 6.58. The van der Waals surface area contributed by atoms with E-state index in [1.807, 2.05) is 18.2 Å². The summed E-state index contributed by atoms with van der Waals surface area (Å²) in [6, 6.07) is 6.30. The van der Waals surface area contributed by atoms with Crippen molar-refractivity contribution in [2.45, 2.75) is 39.8 Å². The van der Waals surface area contributed by atoms with E-state index in [0.717, 1.165) is 24.6 Å². The number of aliphatic imine (C=N–C) groups is 1. The Morgan fingerprint density at radius 2 is 2.24 bits per heavy atom. The van der Waals surface area contributed by atoms with Gasteiger partial charge in [0.2, 0.25) is 0 Å². The van der Waals surface area contributed by atoms with Crippen LogP contribution in [-0.2, 0) is 6.54 Å². The number of hydrogen-bond donors (Lipinski definition) is 2. The van der Waals surface area contributed by atoms with Crippen LogP contribution in [0.5, 0.6) is 0 Å². The summed E-state index contributed by atoms with van der Waals surface area (Å²) in [6.45, 7) is 7.83. The van der Waals surface area contributed by atoms with Gasteiger partial charge < -0.3 is 10.6 Å². The van der Waals surface area contributed by atoms with Gasteiger partial charge in [-0.15, -0.1) is 0 Å². The Morgan fingerprint density at radius 1 is 1.41 bits per heavy atom. The Bertz CT molecular complexity index is 335.